The van der Waals surface area contributed by atoms with Gasteiger partial charge in [-0.3, -0.25) is 4.79 Å². The number of rotatable bonds is 4. The Kier molecular flexibility index (Phi) is 4.15. The summed E-state index contributed by atoms with van der Waals surface area (Å²) in [5.41, 5.74) is 0.621. The van der Waals surface area contributed by atoms with Gasteiger partial charge in [0.1, 0.15) is 10.6 Å². The van der Waals surface area contributed by atoms with Crippen LogP contribution in [0.25, 0.3) is 0 Å². The second-order valence-corrected chi connectivity index (χ2v) is 6.42. The van der Waals surface area contributed by atoms with E-state index in [9.17, 15) is 13.2 Å². The second-order valence-electron chi connectivity index (χ2n) is 4.89. The average molecular weight is 307 g/mol. The molecule has 6 nitrogen and oxygen atoms in total. The van der Waals surface area contributed by atoms with Crippen LogP contribution in [0.4, 0.5) is 5.69 Å². The third-order valence-corrected chi connectivity index (χ3v) is 3.98. The lowest BCUT2D eigenvalue weighted by molar-refractivity contribution is 0.101. The van der Waals surface area contributed by atoms with Crippen molar-refractivity contribution in [2.75, 3.05) is 5.32 Å². The molecule has 0 fully saturated rings. The van der Waals surface area contributed by atoms with Crippen LogP contribution in [0.3, 0.4) is 0 Å². The molecule has 2 rings (SSSR count). The molecule has 1 aromatic carbocycles. The van der Waals surface area contributed by atoms with Crippen LogP contribution in [0.2, 0.25) is 0 Å². The Balaban J connectivity index is 2.35. The fourth-order valence-corrected chi connectivity index (χ4v) is 2.73. The molecule has 0 saturated carbocycles. The Morgan fingerprint density at radius 2 is 1.86 bits per heavy atom. The quantitative estimate of drug-likeness (QED) is 0.904. The number of para-hydroxylation sites is 1. The zero-order valence-electron chi connectivity index (χ0n) is 11.8. The Morgan fingerprint density at radius 3 is 2.48 bits per heavy atom. The van der Waals surface area contributed by atoms with Crippen molar-refractivity contribution in [2.45, 2.75) is 24.8 Å². The summed E-state index contributed by atoms with van der Waals surface area (Å²) in [6, 6.07) is 9.59. The van der Waals surface area contributed by atoms with E-state index in [2.05, 4.69) is 5.32 Å². The number of carbonyl (C=O) groups excluding carboxylic acids is 1. The number of nitrogens with zero attached hydrogens (tertiary/aromatic N) is 1. The molecule has 0 atom stereocenters. The van der Waals surface area contributed by atoms with Gasteiger partial charge >= 0.3 is 0 Å². The third kappa shape index (κ3) is 3.32. The summed E-state index contributed by atoms with van der Waals surface area (Å²) in [5.74, 6) is -0.384. The fraction of sp³-hybridized carbons (Fsp3) is 0.214. The smallest absolute Gasteiger partial charge is 0.272 e. The molecule has 0 aliphatic heterocycles. The fourth-order valence-electron chi connectivity index (χ4n) is 2.04. The number of carbonyl (C=O) groups is 1. The van der Waals surface area contributed by atoms with E-state index in [1.165, 1.54) is 12.1 Å². The van der Waals surface area contributed by atoms with Gasteiger partial charge in [-0.25, -0.2) is 13.6 Å². The Labute approximate surface area is 123 Å². The first-order valence-electron chi connectivity index (χ1n) is 6.40. The van der Waals surface area contributed by atoms with Crippen molar-refractivity contribution in [3.05, 3.63) is 48.3 Å². The molecular weight excluding hydrogens is 290 g/mol. The van der Waals surface area contributed by atoms with Gasteiger partial charge in [-0.1, -0.05) is 12.1 Å². The number of benzene rings is 1. The minimum atomic E-state index is -3.90. The van der Waals surface area contributed by atoms with Crippen molar-refractivity contribution < 1.29 is 13.2 Å². The second kappa shape index (κ2) is 5.71. The number of nitrogens with two attached hydrogens (primary N) is 1. The topological polar surface area (TPSA) is 94.2 Å². The van der Waals surface area contributed by atoms with Crippen molar-refractivity contribution in [1.82, 2.24) is 4.57 Å². The highest BCUT2D eigenvalue weighted by Gasteiger charge is 2.18. The highest BCUT2D eigenvalue weighted by molar-refractivity contribution is 7.89. The molecule has 2 aromatic rings. The van der Waals surface area contributed by atoms with Crippen molar-refractivity contribution in [1.29, 1.82) is 0 Å². The van der Waals surface area contributed by atoms with Crippen LogP contribution in [-0.2, 0) is 10.0 Å². The lowest BCUT2D eigenvalue weighted by atomic mass is 10.3. The van der Waals surface area contributed by atoms with E-state index < -0.39 is 10.0 Å². The molecule has 1 heterocycles. The van der Waals surface area contributed by atoms with E-state index in [-0.39, 0.29) is 22.5 Å². The molecule has 0 aliphatic rings. The highest BCUT2D eigenvalue weighted by atomic mass is 32.2. The molecule has 0 unspecified atom stereocenters. The highest BCUT2D eigenvalue weighted by Crippen LogP contribution is 2.21. The number of amides is 1. The number of nitrogens with one attached hydrogen (secondary N) is 1. The van der Waals surface area contributed by atoms with Crippen molar-refractivity contribution >= 4 is 21.6 Å². The molecule has 21 heavy (non-hydrogen) atoms. The van der Waals surface area contributed by atoms with Crippen LogP contribution in [0.5, 0.6) is 0 Å². The number of hydrogen-bond acceptors (Lipinski definition) is 3. The molecule has 7 heteroatoms. The van der Waals surface area contributed by atoms with Gasteiger partial charge in [0.2, 0.25) is 10.0 Å². The van der Waals surface area contributed by atoms with Crippen LogP contribution in [0.1, 0.15) is 30.4 Å². The van der Waals surface area contributed by atoms with Crippen LogP contribution < -0.4 is 10.5 Å². The van der Waals surface area contributed by atoms with E-state index in [1.807, 2.05) is 13.8 Å². The first-order chi connectivity index (χ1) is 9.80. The van der Waals surface area contributed by atoms with Crippen molar-refractivity contribution in [3.8, 4) is 0 Å². The predicted molar refractivity (Wildman–Crippen MR) is 80.6 cm³/mol. The van der Waals surface area contributed by atoms with Gasteiger partial charge in [-0.2, -0.15) is 0 Å². The first-order valence-corrected chi connectivity index (χ1v) is 7.95. The molecule has 1 aromatic heterocycles. The number of anilines is 1. The summed E-state index contributed by atoms with van der Waals surface area (Å²) >= 11 is 0. The molecule has 0 bridgehead atoms. The zero-order valence-corrected chi connectivity index (χ0v) is 12.6. The Morgan fingerprint density at radius 1 is 1.19 bits per heavy atom. The summed E-state index contributed by atoms with van der Waals surface area (Å²) < 4.78 is 24.8. The molecule has 1 amide bonds. The summed E-state index contributed by atoms with van der Waals surface area (Å²) in [6.45, 7) is 3.91. The van der Waals surface area contributed by atoms with Crippen LogP contribution in [0, 0.1) is 0 Å². The maximum Gasteiger partial charge on any atom is 0.272 e. The van der Waals surface area contributed by atoms with Crippen LogP contribution in [0.15, 0.2) is 47.5 Å². The third-order valence-electron chi connectivity index (χ3n) is 3.01. The van der Waals surface area contributed by atoms with Gasteiger partial charge in [-0.05, 0) is 38.1 Å². The predicted octanol–water partition coefficient (Wildman–Crippen LogP) is 1.97. The van der Waals surface area contributed by atoms with Gasteiger partial charge < -0.3 is 9.88 Å². The molecule has 0 aliphatic carbocycles. The van der Waals surface area contributed by atoms with E-state index >= 15 is 0 Å². The summed E-state index contributed by atoms with van der Waals surface area (Å²) in [7, 11) is -3.90. The summed E-state index contributed by atoms with van der Waals surface area (Å²) in [5, 5.41) is 7.74. The number of hydrogen-bond donors (Lipinski definition) is 2. The number of sulfonamides is 1. The van der Waals surface area contributed by atoms with Gasteiger partial charge in [0.15, 0.2) is 0 Å². The Hall–Kier alpha value is -2.12. The largest absolute Gasteiger partial charge is 0.341 e. The van der Waals surface area contributed by atoms with Gasteiger partial charge in [-0.15, -0.1) is 0 Å². The van der Waals surface area contributed by atoms with Gasteiger partial charge in [0.05, 0.1) is 5.69 Å². The maximum atomic E-state index is 12.3. The number of primary sulfonamides is 1. The van der Waals surface area contributed by atoms with E-state index in [0.29, 0.717) is 5.69 Å². The lowest BCUT2D eigenvalue weighted by Crippen LogP contribution is -2.21. The van der Waals surface area contributed by atoms with Crippen LogP contribution >= 0.6 is 0 Å². The maximum absolute atomic E-state index is 12.3. The molecule has 0 saturated heterocycles. The van der Waals surface area contributed by atoms with Crippen molar-refractivity contribution in [3.63, 3.8) is 0 Å². The van der Waals surface area contributed by atoms with Crippen LogP contribution in [-0.4, -0.2) is 18.9 Å². The van der Waals surface area contributed by atoms with E-state index in [4.69, 9.17) is 5.14 Å². The summed E-state index contributed by atoms with van der Waals surface area (Å²) in [4.78, 5) is 12.2. The standard InChI is InChI=1S/C14H17N3O3S/c1-10(2)17-9-5-7-12(17)14(18)16-11-6-3-4-8-13(11)21(15,19)20/h3-10H,1-2H3,(H,16,18)(H2,15,19,20). The van der Waals surface area contributed by atoms with Crippen molar-refractivity contribution in [2.24, 2.45) is 5.14 Å². The van der Waals surface area contributed by atoms with E-state index in [1.54, 1.807) is 35.0 Å². The zero-order chi connectivity index (χ0) is 15.6. The number of aromatic nitrogens is 1. The minimum Gasteiger partial charge on any atom is -0.341 e. The SMILES string of the molecule is CC(C)n1cccc1C(=O)Nc1ccccc1S(N)(=O)=O. The monoisotopic (exact) mass is 307 g/mol. The van der Waals surface area contributed by atoms with Gasteiger partial charge in [0, 0.05) is 12.2 Å². The molecular formula is C14H17N3O3S. The molecule has 3 N–H and O–H groups in total. The normalized spacial score (nSPS) is 11.6. The summed E-state index contributed by atoms with van der Waals surface area (Å²) in [6.07, 6.45) is 1.80. The minimum absolute atomic E-state index is 0.110. The Bertz CT molecular complexity index is 763. The average Bonchev–Trinajstić information content (AvgIpc) is 2.87. The lowest BCUT2D eigenvalue weighted by Gasteiger charge is -2.14. The van der Waals surface area contributed by atoms with E-state index in [0.717, 1.165) is 0 Å². The molecule has 0 radical (unpaired) electrons. The molecule has 0 spiro atoms. The molecule has 112 valence electrons. The first kappa shape index (κ1) is 15.3. The van der Waals surface area contributed by atoms with Gasteiger partial charge in [0.25, 0.3) is 5.91 Å².